The van der Waals surface area contributed by atoms with Crippen molar-refractivity contribution in [2.24, 2.45) is 0 Å². The summed E-state index contributed by atoms with van der Waals surface area (Å²) in [6.45, 7) is 4.66. The van der Waals surface area contributed by atoms with Crippen LogP contribution >= 0.6 is 0 Å². The van der Waals surface area contributed by atoms with E-state index in [0.29, 0.717) is 5.82 Å². The van der Waals surface area contributed by atoms with Crippen LogP contribution in [0.2, 0.25) is 0 Å². The van der Waals surface area contributed by atoms with Gasteiger partial charge in [0, 0.05) is 38.6 Å². The van der Waals surface area contributed by atoms with Crippen molar-refractivity contribution >= 4 is 21.8 Å². The summed E-state index contributed by atoms with van der Waals surface area (Å²) in [4.78, 5) is 10.7. The number of fused-ring (bicyclic) bond motifs is 6. The molecule has 12 rings (SSSR count). The molecule has 0 N–H and O–H groups in total. The molecule has 0 aliphatic heterocycles. The number of rotatable bonds is 7. The normalized spacial score (nSPS) is 12.7. The van der Waals surface area contributed by atoms with E-state index in [2.05, 4.69) is 237 Å². The smallest absolute Gasteiger partial charge is 0.160 e. The highest BCUT2D eigenvalue weighted by molar-refractivity contribution is 6.09. The molecule has 0 fully saturated rings. The Morgan fingerprint density at radius 3 is 1.48 bits per heavy atom. The van der Waals surface area contributed by atoms with E-state index in [-0.39, 0.29) is 5.41 Å². The Labute approximate surface area is 373 Å². The van der Waals surface area contributed by atoms with Gasteiger partial charge < -0.3 is 4.57 Å². The monoisotopic (exact) mass is 817 g/mol. The maximum Gasteiger partial charge on any atom is 0.160 e. The zero-order chi connectivity index (χ0) is 42.8. The Kier molecular flexibility index (Phi) is 8.84. The van der Waals surface area contributed by atoms with E-state index >= 15 is 0 Å². The van der Waals surface area contributed by atoms with Crippen molar-refractivity contribution in [1.82, 2.24) is 14.5 Å². The summed E-state index contributed by atoms with van der Waals surface area (Å²) in [5.74, 6) is 0.695. The van der Waals surface area contributed by atoms with Gasteiger partial charge in [-0.2, -0.15) is 0 Å². The summed E-state index contributed by atoms with van der Waals surface area (Å²) in [6.07, 6.45) is 0. The van der Waals surface area contributed by atoms with Gasteiger partial charge in [-0.3, -0.25) is 0 Å². The van der Waals surface area contributed by atoms with Crippen molar-refractivity contribution in [3.8, 4) is 84.1 Å². The summed E-state index contributed by atoms with van der Waals surface area (Å²) in [6, 6.07) is 81.0. The lowest BCUT2D eigenvalue weighted by Gasteiger charge is -2.22. The fourth-order valence-electron chi connectivity index (χ4n) is 9.97. The van der Waals surface area contributed by atoms with Gasteiger partial charge in [0.25, 0.3) is 0 Å². The molecule has 0 saturated heterocycles. The second kappa shape index (κ2) is 15.0. The molecular formula is C61H43N3. The molecule has 302 valence electrons. The Bertz CT molecular complexity index is 3530. The van der Waals surface area contributed by atoms with Crippen LogP contribution in [0.4, 0.5) is 0 Å². The molecule has 0 bridgehead atoms. The topological polar surface area (TPSA) is 30.7 Å². The summed E-state index contributed by atoms with van der Waals surface area (Å²) >= 11 is 0. The molecule has 0 radical (unpaired) electrons. The lowest BCUT2D eigenvalue weighted by Crippen LogP contribution is -2.14. The predicted molar refractivity (Wildman–Crippen MR) is 267 cm³/mol. The summed E-state index contributed by atoms with van der Waals surface area (Å²) < 4.78 is 2.41. The maximum absolute atomic E-state index is 5.40. The van der Waals surface area contributed by atoms with Gasteiger partial charge in [-0.05, 0) is 110 Å². The van der Waals surface area contributed by atoms with Crippen LogP contribution in [0.1, 0.15) is 25.0 Å². The van der Waals surface area contributed by atoms with Crippen molar-refractivity contribution in [2.75, 3.05) is 0 Å². The fourth-order valence-corrected chi connectivity index (χ4v) is 9.97. The molecule has 0 amide bonds. The molecule has 0 spiro atoms. The van der Waals surface area contributed by atoms with E-state index in [1.165, 1.54) is 49.7 Å². The third-order valence-electron chi connectivity index (χ3n) is 13.2. The molecule has 1 aliphatic rings. The van der Waals surface area contributed by atoms with Crippen LogP contribution in [-0.4, -0.2) is 14.5 Å². The number of aromatic nitrogens is 3. The fraction of sp³-hybridized carbons (Fsp3) is 0.0492. The van der Waals surface area contributed by atoms with Gasteiger partial charge in [0.15, 0.2) is 5.82 Å². The molecule has 2 heterocycles. The van der Waals surface area contributed by atoms with Crippen LogP contribution < -0.4 is 0 Å². The first-order valence-corrected chi connectivity index (χ1v) is 22.1. The number of hydrogen-bond donors (Lipinski definition) is 0. The second-order valence-corrected chi connectivity index (χ2v) is 17.4. The summed E-state index contributed by atoms with van der Waals surface area (Å²) in [5.41, 5.74) is 20.3. The molecule has 3 heteroatoms. The third kappa shape index (κ3) is 6.36. The van der Waals surface area contributed by atoms with E-state index in [0.717, 1.165) is 61.5 Å². The van der Waals surface area contributed by atoms with Crippen molar-refractivity contribution in [1.29, 1.82) is 0 Å². The van der Waals surface area contributed by atoms with Crippen LogP contribution in [-0.2, 0) is 5.41 Å². The number of benzene rings is 9. The highest BCUT2D eigenvalue weighted by Gasteiger charge is 2.35. The first-order chi connectivity index (χ1) is 31.5. The van der Waals surface area contributed by atoms with Crippen LogP contribution in [0.5, 0.6) is 0 Å². The number of hydrogen-bond acceptors (Lipinski definition) is 2. The Morgan fingerprint density at radius 1 is 0.328 bits per heavy atom. The number of para-hydroxylation sites is 2. The van der Waals surface area contributed by atoms with Gasteiger partial charge in [0.2, 0.25) is 0 Å². The van der Waals surface area contributed by atoms with E-state index < -0.39 is 0 Å². The van der Waals surface area contributed by atoms with E-state index in [1.54, 1.807) is 0 Å². The lowest BCUT2D eigenvalue weighted by atomic mass is 9.82. The van der Waals surface area contributed by atoms with Gasteiger partial charge in [-0.1, -0.05) is 184 Å². The van der Waals surface area contributed by atoms with Gasteiger partial charge in [-0.15, -0.1) is 0 Å². The predicted octanol–water partition coefficient (Wildman–Crippen LogP) is 15.9. The van der Waals surface area contributed by atoms with Crippen molar-refractivity contribution < 1.29 is 0 Å². The molecule has 0 unspecified atom stereocenters. The standard InChI is InChI=1S/C61H43N3/c1-61(2)54-28-12-9-25-50(54)51-32-31-46(38-55(51)61)56-39-57(63-60(62-56)41-19-7-4-8-20-41)48-35-47(36-49(37-48)64-58-29-13-10-26-52(58)53-27-11-14-30-59(53)64)45-24-16-23-44(34-45)43-22-15-21-42(33-43)40-17-5-3-6-18-40/h3-39H,1-2H3. The molecular weight excluding hydrogens is 775 g/mol. The summed E-state index contributed by atoms with van der Waals surface area (Å²) in [5, 5.41) is 2.45. The van der Waals surface area contributed by atoms with E-state index in [9.17, 15) is 0 Å². The Morgan fingerprint density at radius 2 is 0.812 bits per heavy atom. The minimum Gasteiger partial charge on any atom is -0.309 e. The third-order valence-corrected chi connectivity index (χ3v) is 13.2. The van der Waals surface area contributed by atoms with Crippen LogP contribution in [0.3, 0.4) is 0 Å². The highest BCUT2D eigenvalue weighted by atomic mass is 15.0. The van der Waals surface area contributed by atoms with Gasteiger partial charge in [0.1, 0.15) is 0 Å². The van der Waals surface area contributed by atoms with Gasteiger partial charge in [-0.25, -0.2) is 9.97 Å². The molecule has 9 aromatic carbocycles. The Balaban J connectivity index is 1.07. The lowest BCUT2D eigenvalue weighted by molar-refractivity contribution is 0.660. The van der Waals surface area contributed by atoms with Gasteiger partial charge in [0.05, 0.1) is 22.4 Å². The second-order valence-electron chi connectivity index (χ2n) is 17.4. The van der Waals surface area contributed by atoms with Crippen molar-refractivity contribution in [2.45, 2.75) is 19.3 Å². The molecule has 11 aromatic rings. The quantitative estimate of drug-likeness (QED) is 0.160. The Hall–Kier alpha value is -8.14. The van der Waals surface area contributed by atoms with Crippen molar-refractivity contribution in [3.63, 3.8) is 0 Å². The van der Waals surface area contributed by atoms with Crippen LogP contribution in [0.25, 0.3) is 106 Å². The van der Waals surface area contributed by atoms with Crippen LogP contribution in [0, 0.1) is 0 Å². The van der Waals surface area contributed by atoms with Crippen LogP contribution in [0.15, 0.2) is 224 Å². The van der Waals surface area contributed by atoms with Gasteiger partial charge >= 0.3 is 0 Å². The zero-order valence-corrected chi connectivity index (χ0v) is 35.7. The average Bonchev–Trinajstić information content (AvgIpc) is 3.82. The molecule has 2 aromatic heterocycles. The first-order valence-electron chi connectivity index (χ1n) is 22.1. The minimum absolute atomic E-state index is 0.136. The zero-order valence-electron chi connectivity index (χ0n) is 35.7. The van der Waals surface area contributed by atoms with E-state index in [4.69, 9.17) is 9.97 Å². The SMILES string of the molecule is CC1(C)c2ccccc2-c2ccc(-c3cc(-c4cc(-c5cccc(-c6cccc(-c7ccccc7)c6)c5)cc(-n5c6ccccc6c6ccccc65)c4)nc(-c4ccccc4)n3)cc21. The first kappa shape index (κ1) is 37.6. The summed E-state index contributed by atoms with van der Waals surface area (Å²) in [7, 11) is 0. The maximum atomic E-state index is 5.40. The van der Waals surface area contributed by atoms with E-state index in [1.807, 2.05) is 6.07 Å². The van der Waals surface area contributed by atoms with Crippen molar-refractivity contribution in [3.05, 3.63) is 236 Å². The average molecular weight is 818 g/mol. The highest BCUT2D eigenvalue weighted by Crippen LogP contribution is 2.49. The molecule has 0 atom stereocenters. The largest absolute Gasteiger partial charge is 0.309 e. The molecule has 0 saturated carbocycles. The minimum atomic E-state index is -0.136. The number of nitrogens with zero attached hydrogens (tertiary/aromatic N) is 3. The molecule has 3 nitrogen and oxygen atoms in total. The molecule has 1 aliphatic carbocycles. The molecule has 64 heavy (non-hydrogen) atoms.